The zero-order chi connectivity index (χ0) is 15.0. The molecule has 7 heteroatoms. The highest BCUT2D eigenvalue weighted by Crippen LogP contribution is 2.28. The first-order chi connectivity index (χ1) is 10.1. The fourth-order valence-corrected chi connectivity index (χ4v) is 3.47. The molecule has 108 valence electrons. The zero-order valence-corrected chi connectivity index (χ0v) is 12.5. The van der Waals surface area contributed by atoms with Crippen molar-refractivity contribution in [1.29, 1.82) is 0 Å². The molecule has 0 saturated heterocycles. The molecule has 1 amide bonds. The van der Waals surface area contributed by atoms with E-state index in [0.717, 1.165) is 12.0 Å². The number of nitrogens with zero attached hydrogens (tertiary/aromatic N) is 2. The summed E-state index contributed by atoms with van der Waals surface area (Å²) in [5, 5.41) is 13.1. The Kier molecular flexibility index (Phi) is 3.65. The first-order valence-electron chi connectivity index (χ1n) is 6.34. The van der Waals surface area contributed by atoms with Crippen LogP contribution < -0.4 is 0 Å². The van der Waals surface area contributed by atoms with Crippen molar-refractivity contribution in [3.63, 3.8) is 0 Å². The molecule has 0 saturated carbocycles. The number of rotatable bonds is 2. The molecule has 3 rings (SSSR count). The van der Waals surface area contributed by atoms with Crippen molar-refractivity contribution in [2.24, 2.45) is 0 Å². The second kappa shape index (κ2) is 5.46. The van der Waals surface area contributed by atoms with Crippen molar-refractivity contribution in [1.82, 2.24) is 4.90 Å². The van der Waals surface area contributed by atoms with Crippen LogP contribution in [0.3, 0.4) is 0 Å². The maximum atomic E-state index is 12.5. The summed E-state index contributed by atoms with van der Waals surface area (Å²) in [5.74, 6) is -0.263. The Morgan fingerprint density at radius 1 is 1.38 bits per heavy atom. The predicted octanol–water partition coefficient (Wildman–Crippen LogP) is 3.51. The first-order valence-corrected chi connectivity index (χ1v) is 7.60. The molecule has 0 aliphatic carbocycles. The third-order valence-corrected chi connectivity index (χ3v) is 4.84. The lowest BCUT2D eigenvalue weighted by atomic mass is 10.1. The Labute approximate surface area is 129 Å². The first kappa shape index (κ1) is 14.0. The van der Waals surface area contributed by atoms with Gasteiger partial charge in [0.2, 0.25) is 0 Å². The van der Waals surface area contributed by atoms with Gasteiger partial charge in [0.25, 0.3) is 11.6 Å². The number of nitro benzene ring substituents is 1. The van der Waals surface area contributed by atoms with E-state index in [1.165, 1.54) is 23.1 Å². The van der Waals surface area contributed by atoms with Crippen LogP contribution >= 0.6 is 22.9 Å². The summed E-state index contributed by atoms with van der Waals surface area (Å²) in [4.78, 5) is 25.8. The molecule has 1 aliphatic rings. The SMILES string of the molecule is O=C(c1cc([N+](=O)[O-])ccc1Cl)N1CCc2sccc2C1. The molecule has 0 unspecified atom stereocenters. The number of hydrogen-bond donors (Lipinski definition) is 0. The lowest BCUT2D eigenvalue weighted by molar-refractivity contribution is -0.384. The number of carbonyl (C=O) groups excluding carboxylic acids is 1. The number of nitro groups is 1. The van der Waals surface area contributed by atoms with E-state index >= 15 is 0 Å². The lowest BCUT2D eigenvalue weighted by Gasteiger charge is -2.27. The molecule has 5 nitrogen and oxygen atoms in total. The largest absolute Gasteiger partial charge is 0.334 e. The van der Waals surface area contributed by atoms with Gasteiger partial charge in [0.15, 0.2) is 0 Å². The average Bonchev–Trinajstić information content (AvgIpc) is 2.94. The van der Waals surface area contributed by atoms with E-state index in [1.807, 2.05) is 11.4 Å². The third kappa shape index (κ3) is 2.64. The van der Waals surface area contributed by atoms with Gasteiger partial charge in [0.1, 0.15) is 0 Å². The predicted molar refractivity (Wildman–Crippen MR) is 80.9 cm³/mol. The van der Waals surface area contributed by atoms with E-state index in [1.54, 1.807) is 16.2 Å². The van der Waals surface area contributed by atoms with Gasteiger partial charge < -0.3 is 4.90 Å². The number of benzene rings is 1. The summed E-state index contributed by atoms with van der Waals surface area (Å²) >= 11 is 7.72. The Hall–Kier alpha value is -1.92. The molecule has 0 radical (unpaired) electrons. The van der Waals surface area contributed by atoms with Gasteiger partial charge in [0.05, 0.1) is 15.5 Å². The van der Waals surface area contributed by atoms with Gasteiger partial charge in [-0.25, -0.2) is 0 Å². The highest BCUT2D eigenvalue weighted by molar-refractivity contribution is 7.10. The van der Waals surface area contributed by atoms with Crippen LogP contribution in [0.4, 0.5) is 5.69 Å². The third-order valence-electron chi connectivity index (χ3n) is 3.49. The van der Waals surface area contributed by atoms with Gasteiger partial charge in [-0.3, -0.25) is 14.9 Å². The Morgan fingerprint density at radius 2 is 2.19 bits per heavy atom. The van der Waals surface area contributed by atoms with Crippen molar-refractivity contribution in [3.8, 4) is 0 Å². The van der Waals surface area contributed by atoms with Gasteiger partial charge >= 0.3 is 0 Å². The van der Waals surface area contributed by atoms with E-state index in [-0.39, 0.29) is 22.2 Å². The summed E-state index contributed by atoms with van der Waals surface area (Å²) in [6.45, 7) is 1.13. The summed E-state index contributed by atoms with van der Waals surface area (Å²) in [5.41, 5.74) is 1.20. The van der Waals surface area contributed by atoms with Crippen molar-refractivity contribution in [2.45, 2.75) is 13.0 Å². The molecule has 0 N–H and O–H groups in total. The standard InChI is InChI=1S/C14H11ClN2O3S/c15-12-2-1-10(17(19)20)7-11(12)14(18)16-5-3-13-9(8-16)4-6-21-13/h1-2,4,6-7H,3,5,8H2. The highest BCUT2D eigenvalue weighted by atomic mass is 35.5. The molecule has 1 aromatic carbocycles. The van der Waals surface area contributed by atoms with Crippen LogP contribution in [0, 0.1) is 10.1 Å². The minimum absolute atomic E-state index is 0.129. The summed E-state index contributed by atoms with van der Waals surface area (Å²) in [7, 11) is 0. The summed E-state index contributed by atoms with van der Waals surface area (Å²) < 4.78 is 0. The Morgan fingerprint density at radius 3 is 2.95 bits per heavy atom. The molecule has 1 aromatic heterocycles. The molecule has 2 heterocycles. The van der Waals surface area contributed by atoms with E-state index in [9.17, 15) is 14.9 Å². The average molecular weight is 323 g/mol. The number of hydrogen-bond acceptors (Lipinski definition) is 4. The fraction of sp³-hybridized carbons (Fsp3) is 0.214. The maximum Gasteiger partial charge on any atom is 0.270 e. The molecule has 21 heavy (non-hydrogen) atoms. The fourth-order valence-electron chi connectivity index (χ4n) is 2.38. The van der Waals surface area contributed by atoms with Crippen LogP contribution in [0.5, 0.6) is 0 Å². The number of amides is 1. The normalized spacial score (nSPS) is 13.9. The van der Waals surface area contributed by atoms with Crippen LogP contribution in [0.2, 0.25) is 5.02 Å². The molecule has 2 aromatic rings. The molecule has 1 aliphatic heterocycles. The van der Waals surface area contributed by atoms with Gasteiger partial charge in [-0.05, 0) is 29.5 Å². The highest BCUT2D eigenvalue weighted by Gasteiger charge is 2.25. The van der Waals surface area contributed by atoms with Crippen LogP contribution in [-0.4, -0.2) is 22.3 Å². The topological polar surface area (TPSA) is 63.4 Å². The Bertz CT molecular complexity index is 729. The smallest absolute Gasteiger partial charge is 0.270 e. The van der Waals surface area contributed by atoms with E-state index in [4.69, 9.17) is 11.6 Å². The van der Waals surface area contributed by atoms with Crippen molar-refractivity contribution in [3.05, 3.63) is 60.8 Å². The molecular formula is C14H11ClN2O3S. The summed E-state index contributed by atoms with van der Waals surface area (Å²) in [6, 6.07) is 5.95. The van der Waals surface area contributed by atoms with Crippen LogP contribution in [0.15, 0.2) is 29.6 Å². The second-order valence-electron chi connectivity index (χ2n) is 4.77. The summed E-state index contributed by atoms with van der Waals surface area (Å²) in [6.07, 6.45) is 0.811. The van der Waals surface area contributed by atoms with Crippen LogP contribution in [0.1, 0.15) is 20.8 Å². The van der Waals surface area contributed by atoms with Gasteiger partial charge in [-0.1, -0.05) is 11.6 Å². The van der Waals surface area contributed by atoms with E-state index < -0.39 is 4.92 Å². The van der Waals surface area contributed by atoms with Crippen molar-refractivity contribution in [2.75, 3.05) is 6.54 Å². The van der Waals surface area contributed by atoms with Gasteiger partial charge in [0, 0.05) is 30.1 Å². The molecular weight excluding hydrogens is 312 g/mol. The maximum absolute atomic E-state index is 12.5. The zero-order valence-electron chi connectivity index (χ0n) is 10.9. The second-order valence-corrected chi connectivity index (χ2v) is 6.17. The molecule has 0 bridgehead atoms. The lowest BCUT2D eigenvalue weighted by Crippen LogP contribution is -2.35. The Balaban J connectivity index is 1.89. The molecule has 0 fully saturated rings. The van der Waals surface area contributed by atoms with Gasteiger partial charge in [-0.2, -0.15) is 0 Å². The number of non-ortho nitro benzene ring substituents is 1. The number of thiophene rings is 1. The molecule has 0 atom stereocenters. The number of halogens is 1. The minimum Gasteiger partial charge on any atom is -0.334 e. The van der Waals surface area contributed by atoms with Crippen molar-refractivity contribution >= 4 is 34.5 Å². The van der Waals surface area contributed by atoms with Gasteiger partial charge in [-0.15, -0.1) is 11.3 Å². The quantitative estimate of drug-likeness (QED) is 0.628. The van der Waals surface area contributed by atoms with E-state index in [2.05, 4.69) is 0 Å². The monoisotopic (exact) mass is 322 g/mol. The van der Waals surface area contributed by atoms with Crippen LogP contribution in [0.25, 0.3) is 0 Å². The van der Waals surface area contributed by atoms with E-state index in [0.29, 0.717) is 13.1 Å². The molecule has 0 spiro atoms. The number of fused-ring (bicyclic) bond motifs is 1. The number of carbonyl (C=O) groups is 1. The minimum atomic E-state index is -0.527. The van der Waals surface area contributed by atoms with Crippen molar-refractivity contribution < 1.29 is 9.72 Å². The van der Waals surface area contributed by atoms with Crippen LogP contribution in [-0.2, 0) is 13.0 Å².